The van der Waals surface area contributed by atoms with Crippen molar-refractivity contribution in [2.24, 2.45) is 5.92 Å². The molecule has 96 valence electrons. The molecular weight excluding hydrogens is 214 g/mol. The van der Waals surface area contributed by atoms with Gasteiger partial charge in [-0.05, 0) is 32.1 Å². The van der Waals surface area contributed by atoms with Gasteiger partial charge in [-0.15, -0.1) is 0 Å². The molecular formula is C14H23NO2. The zero-order valence-electron chi connectivity index (χ0n) is 10.6. The minimum Gasteiger partial charge on any atom is -0.374 e. The van der Waals surface area contributed by atoms with Crippen molar-refractivity contribution in [1.29, 1.82) is 0 Å². The first-order chi connectivity index (χ1) is 8.36. The van der Waals surface area contributed by atoms with Gasteiger partial charge in [0.15, 0.2) is 0 Å². The molecule has 0 radical (unpaired) electrons. The lowest BCUT2D eigenvalue weighted by molar-refractivity contribution is -0.149. The summed E-state index contributed by atoms with van der Waals surface area (Å²) in [5.41, 5.74) is 0. The Bertz CT molecular complexity index is 286. The van der Waals surface area contributed by atoms with Gasteiger partial charge in [0, 0.05) is 12.5 Å². The van der Waals surface area contributed by atoms with Crippen molar-refractivity contribution in [1.82, 2.24) is 4.90 Å². The Morgan fingerprint density at radius 3 is 2.65 bits per heavy atom. The van der Waals surface area contributed by atoms with Crippen LogP contribution in [0.2, 0.25) is 0 Å². The summed E-state index contributed by atoms with van der Waals surface area (Å²) in [6.07, 6.45) is 9.92. The molecule has 2 unspecified atom stereocenters. The number of carbonyl (C=O) groups is 1. The van der Waals surface area contributed by atoms with Crippen LogP contribution >= 0.6 is 0 Å². The first kappa shape index (κ1) is 11.5. The van der Waals surface area contributed by atoms with E-state index in [-0.39, 0.29) is 0 Å². The van der Waals surface area contributed by atoms with Gasteiger partial charge in [0.1, 0.15) is 0 Å². The highest BCUT2D eigenvalue weighted by molar-refractivity contribution is 5.79. The summed E-state index contributed by atoms with van der Waals surface area (Å²) in [5.74, 6) is 0.757. The Labute approximate surface area is 104 Å². The minimum absolute atomic E-state index is 0.322. The molecule has 3 fully saturated rings. The SMILES string of the molecule is O=C(C1CCCCC1)N1CCOC2CCCC21. The zero-order chi connectivity index (χ0) is 11.7. The van der Waals surface area contributed by atoms with E-state index < -0.39 is 0 Å². The molecule has 1 amide bonds. The van der Waals surface area contributed by atoms with Crippen molar-refractivity contribution >= 4 is 5.91 Å². The predicted octanol–water partition coefficient (Wildman–Crippen LogP) is 2.35. The maximum atomic E-state index is 12.6. The van der Waals surface area contributed by atoms with Gasteiger partial charge >= 0.3 is 0 Å². The van der Waals surface area contributed by atoms with Gasteiger partial charge in [0.05, 0.1) is 18.8 Å². The number of fused-ring (bicyclic) bond motifs is 1. The van der Waals surface area contributed by atoms with Gasteiger partial charge in [-0.25, -0.2) is 0 Å². The van der Waals surface area contributed by atoms with Crippen molar-refractivity contribution in [3.63, 3.8) is 0 Å². The monoisotopic (exact) mass is 237 g/mol. The molecule has 1 aliphatic heterocycles. The standard InChI is InChI=1S/C14H23NO2/c16-14(11-5-2-1-3-6-11)15-9-10-17-13-8-4-7-12(13)15/h11-13H,1-10H2. The van der Waals surface area contributed by atoms with Crippen LogP contribution in [0.1, 0.15) is 51.4 Å². The highest BCUT2D eigenvalue weighted by Crippen LogP contribution is 2.33. The number of nitrogens with zero attached hydrogens (tertiary/aromatic N) is 1. The molecule has 17 heavy (non-hydrogen) atoms. The Morgan fingerprint density at radius 1 is 1.00 bits per heavy atom. The summed E-state index contributed by atoms with van der Waals surface area (Å²) < 4.78 is 5.78. The summed E-state index contributed by atoms with van der Waals surface area (Å²) in [6, 6.07) is 0.401. The number of hydrogen-bond donors (Lipinski definition) is 0. The number of hydrogen-bond acceptors (Lipinski definition) is 2. The summed E-state index contributed by atoms with van der Waals surface area (Å²) in [6.45, 7) is 1.58. The van der Waals surface area contributed by atoms with Crippen LogP contribution in [0.15, 0.2) is 0 Å². The maximum Gasteiger partial charge on any atom is 0.226 e. The zero-order valence-corrected chi connectivity index (χ0v) is 10.6. The van der Waals surface area contributed by atoms with Crippen LogP contribution in [0, 0.1) is 5.92 Å². The van der Waals surface area contributed by atoms with E-state index in [1.165, 1.54) is 25.7 Å². The van der Waals surface area contributed by atoms with Gasteiger partial charge in [-0.2, -0.15) is 0 Å². The number of amides is 1. The summed E-state index contributed by atoms with van der Waals surface area (Å²) in [7, 11) is 0. The molecule has 1 heterocycles. The average Bonchev–Trinajstić information content (AvgIpc) is 2.87. The Kier molecular flexibility index (Phi) is 3.37. The normalized spacial score (nSPS) is 34.7. The molecule has 2 aliphatic carbocycles. The molecule has 3 nitrogen and oxygen atoms in total. The molecule has 3 heteroatoms. The smallest absolute Gasteiger partial charge is 0.226 e. The lowest BCUT2D eigenvalue weighted by Gasteiger charge is -2.40. The first-order valence-corrected chi connectivity index (χ1v) is 7.28. The number of morpholine rings is 1. The highest BCUT2D eigenvalue weighted by Gasteiger charge is 2.40. The van der Waals surface area contributed by atoms with E-state index in [0.717, 1.165) is 38.8 Å². The van der Waals surface area contributed by atoms with Gasteiger partial charge in [0.25, 0.3) is 0 Å². The first-order valence-electron chi connectivity index (χ1n) is 7.28. The Hall–Kier alpha value is -0.570. The summed E-state index contributed by atoms with van der Waals surface area (Å²) >= 11 is 0. The fraction of sp³-hybridized carbons (Fsp3) is 0.929. The fourth-order valence-electron chi connectivity index (χ4n) is 3.78. The van der Waals surface area contributed by atoms with E-state index in [4.69, 9.17) is 4.74 Å². The van der Waals surface area contributed by atoms with E-state index >= 15 is 0 Å². The van der Waals surface area contributed by atoms with Crippen molar-refractivity contribution in [3.8, 4) is 0 Å². The predicted molar refractivity (Wildman–Crippen MR) is 65.7 cm³/mol. The van der Waals surface area contributed by atoms with Crippen LogP contribution in [-0.2, 0) is 9.53 Å². The van der Waals surface area contributed by atoms with Crippen LogP contribution in [0.25, 0.3) is 0 Å². The number of rotatable bonds is 1. The summed E-state index contributed by atoms with van der Waals surface area (Å²) in [5, 5.41) is 0. The third kappa shape index (κ3) is 2.22. The van der Waals surface area contributed by atoms with Crippen molar-refractivity contribution in [2.75, 3.05) is 13.2 Å². The second-order valence-corrected chi connectivity index (χ2v) is 5.77. The minimum atomic E-state index is 0.322. The molecule has 0 bridgehead atoms. The van der Waals surface area contributed by atoms with E-state index in [1.54, 1.807) is 0 Å². The number of carbonyl (C=O) groups excluding carboxylic acids is 1. The largest absolute Gasteiger partial charge is 0.374 e. The number of ether oxygens (including phenoxy) is 1. The molecule has 2 saturated carbocycles. The van der Waals surface area contributed by atoms with Crippen molar-refractivity contribution in [2.45, 2.75) is 63.5 Å². The van der Waals surface area contributed by atoms with Gasteiger partial charge < -0.3 is 9.64 Å². The van der Waals surface area contributed by atoms with Crippen LogP contribution in [0.4, 0.5) is 0 Å². The van der Waals surface area contributed by atoms with Crippen LogP contribution in [-0.4, -0.2) is 36.1 Å². The Morgan fingerprint density at radius 2 is 1.82 bits per heavy atom. The van der Waals surface area contributed by atoms with Crippen LogP contribution in [0.5, 0.6) is 0 Å². The second kappa shape index (κ2) is 4.97. The van der Waals surface area contributed by atoms with Crippen LogP contribution < -0.4 is 0 Å². The van der Waals surface area contributed by atoms with Gasteiger partial charge in [0.2, 0.25) is 5.91 Å². The molecule has 3 aliphatic rings. The highest BCUT2D eigenvalue weighted by atomic mass is 16.5. The molecule has 0 aromatic carbocycles. The molecule has 1 saturated heterocycles. The van der Waals surface area contributed by atoms with E-state index in [9.17, 15) is 4.79 Å². The van der Waals surface area contributed by atoms with E-state index in [1.807, 2.05) is 0 Å². The van der Waals surface area contributed by atoms with Crippen molar-refractivity contribution in [3.05, 3.63) is 0 Å². The van der Waals surface area contributed by atoms with Gasteiger partial charge in [-0.3, -0.25) is 4.79 Å². The third-order valence-corrected chi connectivity index (χ3v) is 4.72. The summed E-state index contributed by atoms with van der Waals surface area (Å²) in [4.78, 5) is 14.7. The van der Waals surface area contributed by atoms with E-state index in [2.05, 4.69) is 4.90 Å². The molecule has 0 spiro atoms. The quantitative estimate of drug-likeness (QED) is 0.700. The van der Waals surface area contributed by atoms with E-state index in [0.29, 0.717) is 24.0 Å². The topological polar surface area (TPSA) is 29.5 Å². The fourth-order valence-corrected chi connectivity index (χ4v) is 3.78. The second-order valence-electron chi connectivity index (χ2n) is 5.77. The maximum absolute atomic E-state index is 12.6. The third-order valence-electron chi connectivity index (χ3n) is 4.72. The van der Waals surface area contributed by atoms with Crippen molar-refractivity contribution < 1.29 is 9.53 Å². The Balaban J connectivity index is 1.67. The molecule has 0 aromatic rings. The molecule has 3 rings (SSSR count). The van der Waals surface area contributed by atoms with Gasteiger partial charge in [-0.1, -0.05) is 19.3 Å². The molecule has 2 atom stereocenters. The molecule has 0 N–H and O–H groups in total. The lowest BCUT2D eigenvalue weighted by atomic mass is 9.87. The lowest BCUT2D eigenvalue weighted by Crippen LogP contribution is -2.53. The average molecular weight is 237 g/mol. The molecule has 0 aromatic heterocycles. The van der Waals surface area contributed by atoms with Crippen LogP contribution in [0.3, 0.4) is 0 Å².